The maximum Gasteiger partial charge on any atom is 0.256 e. The summed E-state index contributed by atoms with van der Waals surface area (Å²) < 4.78 is 7.27. The van der Waals surface area contributed by atoms with E-state index in [4.69, 9.17) is 27.9 Å². The van der Waals surface area contributed by atoms with Gasteiger partial charge in [-0.05, 0) is 38.5 Å². The van der Waals surface area contributed by atoms with E-state index in [1.165, 1.54) is 0 Å². The van der Waals surface area contributed by atoms with Crippen LogP contribution in [0.15, 0.2) is 42.6 Å². The van der Waals surface area contributed by atoms with Gasteiger partial charge >= 0.3 is 0 Å². The third-order valence-corrected chi connectivity index (χ3v) is 4.96. The Hall–Kier alpha value is -2.57. The highest BCUT2D eigenvalue weighted by Gasteiger charge is 2.21. The van der Waals surface area contributed by atoms with Gasteiger partial charge in [0.25, 0.3) is 5.91 Å². The van der Waals surface area contributed by atoms with Gasteiger partial charge in [0, 0.05) is 23.3 Å². The molecule has 0 fully saturated rings. The van der Waals surface area contributed by atoms with Crippen molar-refractivity contribution < 1.29 is 9.53 Å². The average Bonchev–Trinajstić information content (AvgIpc) is 2.95. The van der Waals surface area contributed by atoms with Crippen molar-refractivity contribution in [1.82, 2.24) is 20.1 Å². The number of hydrogen-bond donors (Lipinski definition) is 1. The van der Waals surface area contributed by atoms with Crippen LogP contribution in [0, 0.1) is 6.92 Å². The fraction of sp³-hybridized carbons (Fsp3) is 0.286. The van der Waals surface area contributed by atoms with Crippen LogP contribution in [0.3, 0.4) is 0 Å². The van der Waals surface area contributed by atoms with Gasteiger partial charge in [-0.3, -0.25) is 4.79 Å². The number of aromatic nitrogens is 3. The van der Waals surface area contributed by atoms with E-state index in [1.807, 2.05) is 38.1 Å². The fourth-order valence-corrected chi connectivity index (χ4v) is 3.37. The summed E-state index contributed by atoms with van der Waals surface area (Å²) in [6.07, 6.45) is 1.64. The van der Waals surface area contributed by atoms with Crippen LogP contribution >= 0.6 is 23.2 Å². The molecule has 1 aromatic carbocycles. The molecule has 0 aliphatic rings. The van der Waals surface area contributed by atoms with Crippen LogP contribution in [0.1, 0.15) is 41.0 Å². The minimum Gasteiger partial charge on any atom is -0.475 e. The van der Waals surface area contributed by atoms with E-state index in [0.717, 1.165) is 11.1 Å². The predicted molar refractivity (Wildman–Crippen MR) is 114 cm³/mol. The molecule has 0 aliphatic carbocycles. The standard InChI is InChI=1S/C21H22Cl2N4O2/c1-13(2)29-21-15(8-6-10-24-21)11-25-20(28)18-14(3)26-27(19(18)23)12-16-7-4-5-9-17(16)22/h4-10,13H,11-12H2,1-3H3,(H,25,28). The van der Waals surface area contributed by atoms with Gasteiger partial charge in [0.15, 0.2) is 0 Å². The van der Waals surface area contributed by atoms with Crippen LogP contribution in [0.2, 0.25) is 10.2 Å². The number of nitrogens with one attached hydrogen (secondary N) is 1. The number of benzene rings is 1. The average molecular weight is 433 g/mol. The first-order chi connectivity index (χ1) is 13.9. The summed E-state index contributed by atoms with van der Waals surface area (Å²) in [5, 5.41) is 8.17. The number of carbonyl (C=O) groups is 1. The smallest absolute Gasteiger partial charge is 0.256 e. The summed E-state index contributed by atoms with van der Waals surface area (Å²) in [4.78, 5) is 17.0. The van der Waals surface area contributed by atoms with Gasteiger partial charge < -0.3 is 10.1 Å². The van der Waals surface area contributed by atoms with E-state index >= 15 is 0 Å². The number of carbonyl (C=O) groups excluding carboxylic acids is 1. The van der Waals surface area contributed by atoms with Crippen molar-refractivity contribution in [2.45, 2.75) is 40.0 Å². The summed E-state index contributed by atoms with van der Waals surface area (Å²) in [7, 11) is 0. The summed E-state index contributed by atoms with van der Waals surface area (Å²) in [5.74, 6) is 0.192. The number of aryl methyl sites for hydroxylation is 1. The SMILES string of the molecule is Cc1nn(Cc2ccccc2Cl)c(Cl)c1C(=O)NCc1cccnc1OC(C)C. The third-order valence-electron chi connectivity index (χ3n) is 4.21. The van der Waals surface area contributed by atoms with Crippen molar-refractivity contribution in [3.05, 3.63) is 75.2 Å². The molecule has 6 nitrogen and oxygen atoms in total. The summed E-state index contributed by atoms with van der Waals surface area (Å²) in [6, 6.07) is 11.1. The number of rotatable bonds is 7. The second-order valence-electron chi connectivity index (χ2n) is 6.82. The lowest BCUT2D eigenvalue weighted by molar-refractivity contribution is 0.0950. The van der Waals surface area contributed by atoms with E-state index in [-0.39, 0.29) is 23.7 Å². The van der Waals surface area contributed by atoms with Gasteiger partial charge in [0.05, 0.1) is 23.9 Å². The minimum absolute atomic E-state index is 0.0147. The first kappa shape index (κ1) is 21.1. The molecule has 0 unspecified atom stereocenters. The molecule has 0 radical (unpaired) electrons. The minimum atomic E-state index is -0.308. The normalized spacial score (nSPS) is 11.0. The molecule has 29 heavy (non-hydrogen) atoms. The highest BCUT2D eigenvalue weighted by Crippen LogP contribution is 2.24. The Labute approximate surface area is 179 Å². The molecule has 0 spiro atoms. The first-order valence-electron chi connectivity index (χ1n) is 9.22. The van der Waals surface area contributed by atoms with Crippen molar-refractivity contribution in [3.8, 4) is 5.88 Å². The molecule has 152 valence electrons. The molecule has 2 heterocycles. The Morgan fingerprint density at radius 2 is 1.90 bits per heavy atom. The number of ether oxygens (including phenoxy) is 1. The molecule has 0 atom stereocenters. The van der Waals surface area contributed by atoms with Gasteiger partial charge in [0.2, 0.25) is 5.88 Å². The van der Waals surface area contributed by atoms with Crippen LogP contribution in [0.5, 0.6) is 5.88 Å². The summed E-state index contributed by atoms with van der Waals surface area (Å²) in [5.41, 5.74) is 2.54. The van der Waals surface area contributed by atoms with Gasteiger partial charge in [-0.25, -0.2) is 9.67 Å². The van der Waals surface area contributed by atoms with Crippen LogP contribution in [-0.2, 0) is 13.1 Å². The Morgan fingerprint density at radius 1 is 1.17 bits per heavy atom. The van der Waals surface area contributed by atoms with Crippen LogP contribution < -0.4 is 10.1 Å². The lowest BCUT2D eigenvalue weighted by atomic mass is 10.2. The summed E-state index contributed by atoms with van der Waals surface area (Å²) in [6.45, 7) is 6.24. The maximum atomic E-state index is 12.8. The van der Waals surface area contributed by atoms with Crippen LogP contribution in [0.25, 0.3) is 0 Å². The van der Waals surface area contributed by atoms with E-state index in [2.05, 4.69) is 15.4 Å². The molecule has 1 amide bonds. The molecule has 2 aromatic heterocycles. The highest BCUT2D eigenvalue weighted by atomic mass is 35.5. The molecule has 1 N–H and O–H groups in total. The van der Waals surface area contributed by atoms with E-state index < -0.39 is 0 Å². The van der Waals surface area contributed by atoms with E-state index in [1.54, 1.807) is 29.9 Å². The van der Waals surface area contributed by atoms with Gasteiger partial charge in [-0.1, -0.05) is 47.5 Å². The third kappa shape index (κ3) is 5.08. The predicted octanol–water partition coefficient (Wildman–Crippen LogP) is 4.66. The lowest BCUT2D eigenvalue weighted by Crippen LogP contribution is -2.24. The second-order valence-corrected chi connectivity index (χ2v) is 7.58. The van der Waals surface area contributed by atoms with Crippen molar-refractivity contribution in [1.29, 1.82) is 0 Å². The number of pyridine rings is 1. The Bertz CT molecular complexity index is 1020. The number of halogens is 2. The summed E-state index contributed by atoms with van der Waals surface area (Å²) >= 11 is 12.7. The molecule has 0 saturated heterocycles. The zero-order valence-electron chi connectivity index (χ0n) is 16.4. The molecular weight excluding hydrogens is 411 g/mol. The fourth-order valence-electron chi connectivity index (χ4n) is 2.86. The lowest BCUT2D eigenvalue weighted by Gasteiger charge is -2.13. The molecular formula is C21H22Cl2N4O2. The van der Waals surface area contributed by atoms with Crippen molar-refractivity contribution in [3.63, 3.8) is 0 Å². The Balaban J connectivity index is 1.75. The molecule has 8 heteroatoms. The first-order valence-corrected chi connectivity index (χ1v) is 9.97. The van der Waals surface area contributed by atoms with E-state index in [9.17, 15) is 4.79 Å². The monoisotopic (exact) mass is 432 g/mol. The van der Waals surface area contributed by atoms with Gasteiger partial charge in [0.1, 0.15) is 5.15 Å². The maximum absolute atomic E-state index is 12.8. The highest BCUT2D eigenvalue weighted by molar-refractivity contribution is 6.33. The van der Waals surface area contributed by atoms with Crippen molar-refractivity contribution in [2.24, 2.45) is 0 Å². The van der Waals surface area contributed by atoms with Crippen molar-refractivity contribution in [2.75, 3.05) is 0 Å². The van der Waals surface area contributed by atoms with Gasteiger partial charge in [-0.15, -0.1) is 0 Å². The number of nitrogens with zero attached hydrogens (tertiary/aromatic N) is 3. The van der Waals surface area contributed by atoms with Crippen LogP contribution in [0.4, 0.5) is 0 Å². The van der Waals surface area contributed by atoms with Gasteiger partial charge in [-0.2, -0.15) is 5.10 Å². The molecule has 0 aliphatic heterocycles. The second kappa shape index (κ2) is 9.29. The Kier molecular flexibility index (Phi) is 6.77. The zero-order valence-corrected chi connectivity index (χ0v) is 18.0. The molecule has 3 rings (SSSR count). The van der Waals surface area contributed by atoms with Crippen LogP contribution in [-0.4, -0.2) is 26.8 Å². The van der Waals surface area contributed by atoms with E-state index in [0.29, 0.717) is 28.7 Å². The number of hydrogen-bond acceptors (Lipinski definition) is 4. The quantitative estimate of drug-likeness (QED) is 0.589. The molecule has 0 saturated carbocycles. The Morgan fingerprint density at radius 3 is 2.62 bits per heavy atom. The largest absolute Gasteiger partial charge is 0.475 e. The van der Waals surface area contributed by atoms with Crippen molar-refractivity contribution >= 4 is 29.1 Å². The number of amides is 1. The topological polar surface area (TPSA) is 69.0 Å². The zero-order chi connectivity index (χ0) is 21.0. The molecule has 3 aromatic rings. The molecule has 0 bridgehead atoms.